The normalized spacial score (nSPS) is 21.9. The van der Waals surface area contributed by atoms with E-state index >= 15 is 0 Å². The van der Waals surface area contributed by atoms with Crippen molar-refractivity contribution in [1.29, 1.82) is 0 Å². The van der Waals surface area contributed by atoms with Crippen LogP contribution in [0.25, 0.3) is 0 Å². The van der Waals surface area contributed by atoms with Gasteiger partial charge in [-0.2, -0.15) is 0 Å². The summed E-state index contributed by atoms with van der Waals surface area (Å²) in [5.41, 5.74) is 1.62. The highest BCUT2D eigenvalue weighted by Crippen LogP contribution is 2.28. The lowest BCUT2D eigenvalue weighted by molar-refractivity contribution is -0.145. The van der Waals surface area contributed by atoms with Gasteiger partial charge in [0.1, 0.15) is 0 Å². The van der Waals surface area contributed by atoms with Crippen LogP contribution in [0.2, 0.25) is 0 Å². The average molecular weight is 428 g/mol. The topological polar surface area (TPSA) is 87.7 Å². The fraction of sp³-hybridized carbons (Fsp3) is 0.542. The van der Waals surface area contributed by atoms with Gasteiger partial charge >= 0.3 is 0 Å². The molecule has 1 heterocycles. The van der Waals surface area contributed by atoms with Gasteiger partial charge in [0.15, 0.2) is 0 Å². The second-order valence-electron chi connectivity index (χ2n) is 8.31. The Balaban J connectivity index is 1.59. The van der Waals surface area contributed by atoms with Gasteiger partial charge in [-0.05, 0) is 37.0 Å². The van der Waals surface area contributed by atoms with Gasteiger partial charge in [0.05, 0.1) is 25.0 Å². The lowest BCUT2D eigenvalue weighted by Crippen LogP contribution is -2.48. The number of rotatable bonds is 7. The summed E-state index contributed by atoms with van der Waals surface area (Å²) in [5, 5.41) is 5.91. The minimum Gasteiger partial charge on any atom is -0.378 e. The van der Waals surface area contributed by atoms with Crippen LogP contribution in [0.1, 0.15) is 38.7 Å². The molecule has 0 unspecified atom stereocenters. The van der Waals surface area contributed by atoms with Gasteiger partial charge in [-0.15, -0.1) is 0 Å². The number of anilines is 1. The van der Waals surface area contributed by atoms with E-state index in [4.69, 9.17) is 4.74 Å². The monoisotopic (exact) mass is 427 g/mol. The zero-order valence-electron chi connectivity index (χ0n) is 18.4. The first-order chi connectivity index (χ1) is 15.0. The highest BCUT2D eigenvalue weighted by atomic mass is 16.5. The molecule has 1 aromatic carbocycles. The molecule has 3 atom stereocenters. The van der Waals surface area contributed by atoms with Crippen molar-refractivity contribution in [3.63, 3.8) is 0 Å². The van der Waals surface area contributed by atoms with Crippen molar-refractivity contribution in [2.45, 2.75) is 39.7 Å². The van der Waals surface area contributed by atoms with Gasteiger partial charge < -0.3 is 20.3 Å². The first kappa shape index (κ1) is 23.0. The molecule has 0 radical (unpaired) electrons. The van der Waals surface area contributed by atoms with Crippen molar-refractivity contribution < 1.29 is 19.1 Å². The fourth-order valence-corrected chi connectivity index (χ4v) is 3.93. The molecule has 7 heteroatoms. The molecule has 3 rings (SSSR count). The van der Waals surface area contributed by atoms with Crippen LogP contribution in [-0.4, -0.2) is 48.9 Å². The Hall–Kier alpha value is -2.67. The highest BCUT2D eigenvalue weighted by molar-refractivity contribution is 5.92. The molecule has 1 fully saturated rings. The van der Waals surface area contributed by atoms with E-state index in [-0.39, 0.29) is 35.5 Å². The molecule has 1 saturated heterocycles. The lowest BCUT2D eigenvalue weighted by Gasteiger charge is -2.34. The van der Waals surface area contributed by atoms with Crippen molar-refractivity contribution in [3.8, 4) is 0 Å². The Kier molecular flexibility index (Phi) is 8.23. The lowest BCUT2D eigenvalue weighted by atomic mass is 9.81. The number of ether oxygens (including phenoxy) is 1. The summed E-state index contributed by atoms with van der Waals surface area (Å²) in [6, 6.07) is 7.49. The third-order valence-electron chi connectivity index (χ3n) is 6.13. The maximum Gasteiger partial charge on any atom is 0.227 e. The predicted octanol–water partition coefficient (Wildman–Crippen LogP) is 2.73. The Morgan fingerprint density at radius 3 is 2.55 bits per heavy atom. The second kappa shape index (κ2) is 11.1. The Labute approximate surface area is 184 Å². The van der Waals surface area contributed by atoms with E-state index in [0.29, 0.717) is 45.7 Å². The SMILES string of the molecule is CC[C@H](C)C(=O)Nc1cccc(CNC(=O)[C@@H]2CC=CC[C@@H]2C(=O)N2CCOCC2)c1. The summed E-state index contributed by atoms with van der Waals surface area (Å²) in [4.78, 5) is 39.9. The van der Waals surface area contributed by atoms with Crippen LogP contribution in [0.5, 0.6) is 0 Å². The van der Waals surface area contributed by atoms with Crippen LogP contribution in [0, 0.1) is 17.8 Å². The quantitative estimate of drug-likeness (QED) is 0.655. The summed E-state index contributed by atoms with van der Waals surface area (Å²) in [6.45, 7) is 6.50. The molecule has 2 aliphatic rings. The minimum atomic E-state index is -0.367. The van der Waals surface area contributed by atoms with E-state index in [1.165, 1.54) is 0 Å². The summed E-state index contributed by atoms with van der Waals surface area (Å²) >= 11 is 0. The summed E-state index contributed by atoms with van der Waals surface area (Å²) < 4.78 is 5.34. The number of allylic oxidation sites excluding steroid dienone is 2. The molecule has 0 bridgehead atoms. The number of nitrogens with one attached hydrogen (secondary N) is 2. The van der Waals surface area contributed by atoms with Crippen LogP contribution in [-0.2, 0) is 25.7 Å². The van der Waals surface area contributed by atoms with Gasteiger partial charge in [0.25, 0.3) is 0 Å². The second-order valence-corrected chi connectivity index (χ2v) is 8.31. The maximum atomic E-state index is 13.0. The standard InChI is InChI=1S/C24H33N3O4/c1-3-17(2)22(28)26-19-8-6-7-18(15-19)16-25-23(29)20-9-4-5-10-21(20)24(30)27-11-13-31-14-12-27/h4-8,15,17,20-21H,3,9-14,16H2,1-2H3,(H,25,29)(H,26,28)/t17-,20+,21-/m0/s1. The number of hydrogen-bond donors (Lipinski definition) is 2. The summed E-state index contributed by atoms with van der Waals surface area (Å²) in [6.07, 6.45) is 5.92. The number of amides is 3. The van der Waals surface area contributed by atoms with Crippen LogP contribution in [0.3, 0.4) is 0 Å². The number of hydrogen-bond acceptors (Lipinski definition) is 4. The molecular formula is C24H33N3O4. The minimum absolute atomic E-state index is 0.0119. The Bertz CT molecular complexity index is 817. The maximum absolute atomic E-state index is 13.0. The number of nitrogens with zero attached hydrogens (tertiary/aromatic N) is 1. The van der Waals surface area contributed by atoms with Crippen LogP contribution >= 0.6 is 0 Å². The third kappa shape index (κ3) is 6.17. The van der Waals surface area contributed by atoms with Crippen molar-refractivity contribution in [1.82, 2.24) is 10.2 Å². The molecule has 0 aromatic heterocycles. The van der Waals surface area contributed by atoms with E-state index in [1.807, 2.05) is 55.2 Å². The molecular weight excluding hydrogens is 394 g/mol. The molecule has 168 valence electrons. The molecule has 1 aliphatic heterocycles. The number of carbonyl (C=O) groups is 3. The van der Waals surface area contributed by atoms with Crippen LogP contribution < -0.4 is 10.6 Å². The first-order valence-electron chi connectivity index (χ1n) is 11.2. The number of benzene rings is 1. The smallest absolute Gasteiger partial charge is 0.227 e. The molecule has 31 heavy (non-hydrogen) atoms. The largest absolute Gasteiger partial charge is 0.378 e. The number of carbonyl (C=O) groups excluding carboxylic acids is 3. The molecule has 3 amide bonds. The zero-order chi connectivity index (χ0) is 22.2. The van der Waals surface area contributed by atoms with E-state index < -0.39 is 0 Å². The highest BCUT2D eigenvalue weighted by Gasteiger charge is 2.36. The van der Waals surface area contributed by atoms with Crippen LogP contribution in [0.4, 0.5) is 5.69 Å². The van der Waals surface area contributed by atoms with Crippen molar-refractivity contribution >= 4 is 23.4 Å². The van der Waals surface area contributed by atoms with Crippen molar-refractivity contribution in [3.05, 3.63) is 42.0 Å². The van der Waals surface area contributed by atoms with E-state index in [1.54, 1.807) is 0 Å². The summed E-state index contributed by atoms with van der Waals surface area (Å²) in [7, 11) is 0. The average Bonchev–Trinajstić information content (AvgIpc) is 2.82. The predicted molar refractivity (Wildman–Crippen MR) is 119 cm³/mol. The van der Waals surface area contributed by atoms with E-state index in [9.17, 15) is 14.4 Å². The summed E-state index contributed by atoms with van der Waals surface area (Å²) in [5.74, 6) is -0.823. The van der Waals surface area contributed by atoms with E-state index in [0.717, 1.165) is 17.7 Å². The molecule has 1 aliphatic carbocycles. The Morgan fingerprint density at radius 1 is 1.13 bits per heavy atom. The third-order valence-corrected chi connectivity index (χ3v) is 6.13. The van der Waals surface area contributed by atoms with E-state index in [2.05, 4.69) is 10.6 Å². The van der Waals surface area contributed by atoms with Gasteiger partial charge in [-0.1, -0.05) is 38.1 Å². The number of morpholine rings is 1. The molecule has 2 N–H and O–H groups in total. The van der Waals surface area contributed by atoms with Gasteiger partial charge in [0, 0.05) is 31.2 Å². The Morgan fingerprint density at radius 2 is 1.84 bits per heavy atom. The molecule has 0 spiro atoms. The van der Waals surface area contributed by atoms with Gasteiger partial charge in [-0.25, -0.2) is 0 Å². The van der Waals surface area contributed by atoms with Crippen molar-refractivity contribution in [2.24, 2.45) is 17.8 Å². The van der Waals surface area contributed by atoms with Crippen LogP contribution in [0.15, 0.2) is 36.4 Å². The van der Waals surface area contributed by atoms with Gasteiger partial charge in [0.2, 0.25) is 17.7 Å². The van der Waals surface area contributed by atoms with Crippen molar-refractivity contribution in [2.75, 3.05) is 31.6 Å². The first-order valence-corrected chi connectivity index (χ1v) is 11.2. The fourth-order valence-electron chi connectivity index (χ4n) is 3.93. The molecule has 7 nitrogen and oxygen atoms in total. The van der Waals surface area contributed by atoms with Gasteiger partial charge in [-0.3, -0.25) is 14.4 Å². The molecule has 0 saturated carbocycles. The molecule has 1 aromatic rings. The zero-order valence-corrected chi connectivity index (χ0v) is 18.4.